The number of oxazole rings is 1. The molecule has 2 nitrogen and oxygen atoms in total. The van der Waals surface area contributed by atoms with Crippen molar-refractivity contribution in [2.75, 3.05) is 0 Å². The summed E-state index contributed by atoms with van der Waals surface area (Å²) >= 11 is 0. The monoisotopic (exact) mass is 269 g/mol. The molecule has 0 radical (unpaired) electrons. The predicted molar refractivity (Wildman–Crippen MR) is 77.8 cm³/mol. The van der Waals surface area contributed by atoms with E-state index in [0.717, 1.165) is 16.9 Å². The number of aryl methyl sites for hydroxylation is 2. The van der Waals surface area contributed by atoms with Crippen LogP contribution >= 0.6 is 0 Å². The van der Waals surface area contributed by atoms with Crippen LogP contribution in [0.3, 0.4) is 0 Å². The SMILES string of the molecule is Cc1ccc(-c2cnco2)cc1.Cc1ccc(F)cc1. The van der Waals surface area contributed by atoms with Gasteiger partial charge in [0.25, 0.3) is 0 Å². The molecule has 0 amide bonds. The van der Waals surface area contributed by atoms with Crippen molar-refractivity contribution in [1.29, 1.82) is 0 Å². The van der Waals surface area contributed by atoms with Crippen LogP contribution in [0.5, 0.6) is 0 Å². The number of rotatable bonds is 1. The van der Waals surface area contributed by atoms with Crippen LogP contribution in [0.15, 0.2) is 65.5 Å². The fourth-order valence-corrected chi connectivity index (χ4v) is 1.61. The van der Waals surface area contributed by atoms with Gasteiger partial charge >= 0.3 is 0 Å². The van der Waals surface area contributed by atoms with Crippen LogP contribution in [0.25, 0.3) is 11.3 Å². The van der Waals surface area contributed by atoms with Crippen molar-refractivity contribution in [2.45, 2.75) is 13.8 Å². The fourth-order valence-electron chi connectivity index (χ4n) is 1.61. The summed E-state index contributed by atoms with van der Waals surface area (Å²) in [4.78, 5) is 3.85. The van der Waals surface area contributed by atoms with Gasteiger partial charge in [0, 0.05) is 5.56 Å². The largest absolute Gasteiger partial charge is 0.444 e. The zero-order valence-electron chi connectivity index (χ0n) is 11.5. The number of aromatic nitrogens is 1. The smallest absolute Gasteiger partial charge is 0.181 e. The molecule has 1 heterocycles. The first-order valence-corrected chi connectivity index (χ1v) is 6.33. The van der Waals surface area contributed by atoms with Crippen LogP contribution in [0.2, 0.25) is 0 Å². The maximum atomic E-state index is 12.1. The molecule has 0 atom stereocenters. The molecule has 1 aromatic heterocycles. The lowest BCUT2D eigenvalue weighted by Crippen LogP contribution is -1.74. The Bertz CT molecular complexity index is 607. The number of benzene rings is 2. The quantitative estimate of drug-likeness (QED) is 0.635. The number of nitrogens with zero attached hydrogens (tertiary/aromatic N) is 1. The Morgan fingerprint density at radius 2 is 1.40 bits per heavy atom. The molecule has 3 heteroatoms. The maximum absolute atomic E-state index is 12.1. The highest BCUT2D eigenvalue weighted by atomic mass is 19.1. The van der Waals surface area contributed by atoms with Gasteiger partial charge in [0.15, 0.2) is 12.2 Å². The summed E-state index contributed by atoms with van der Waals surface area (Å²) in [5, 5.41) is 0. The molecule has 0 aliphatic heterocycles. The van der Waals surface area contributed by atoms with Gasteiger partial charge in [0.05, 0.1) is 6.20 Å². The molecular formula is C17H16FNO. The second kappa shape index (κ2) is 6.66. The fraction of sp³-hybridized carbons (Fsp3) is 0.118. The van der Waals surface area contributed by atoms with Gasteiger partial charge in [-0.3, -0.25) is 0 Å². The van der Waals surface area contributed by atoms with Crippen molar-refractivity contribution in [2.24, 2.45) is 0 Å². The van der Waals surface area contributed by atoms with E-state index in [1.165, 1.54) is 24.1 Å². The molecule has 3 rings (SSSR count). The number of hydrogen-bond donors (Lipinski definition) is 0. The summed E-state index contributed by atoms with van der Waals surface area (Å²) < 4.78 is 17.2. The highest BCUT2D eigenvalue weighted by Gasteiger charge is 1.98. The number of hydrogen-bond acceptors (Lipinski definition) is 2. The van der Waals surface area contributed by atoms with Gasteiger partial charge < -0.3 is 4.42 Å². The Hall–Kier alpha value is -2.42. The molecule has 20 heavy (non-hydrogen) atoms. The Balaban J connectivity index is 0.000000160. The van der Waals surface area contributed by atoms with Crippen molar-refractivity contribution in [1.82, 2.24) is 4.98 Å². The van der Waals surface area contributed by atoms with Gasteiger partial charge in [-0.25, -0.2) is 9.37 Å². The van der Waals surface area contributed by atoms with E-state index in [0.29, 0.717) is 0 Å². The summed E-state index contributed by atoms with van der Waals surface area (Å²) in [5.41, 5.74) is 3.41. The first-order valence-electron chi connectivity index (χ1n) is 6.33. The average Bonchev–Trinajstić information content (AvgIpc) is 2.98. The average molecular weight is 269 g/mol. The van der Waals surface area contributed by atoms with Crippen molar-refractivity contribution in [3.63, 3.8) is 0 Å². The van der Waals surface area contributed by atoms with Crippen molar-refractivity contribution >= 4 is 0 Å². The standard InChI is InChI=1S/C10H9NO.C7H7F/c1-8-2-4-9(5-3-8)10-6-11-7-12-10;1-6-2-4-7(8)5-3-6/h2-7H,1H3;2-5H,1H3. The van der Waals surface area contributed by atoms with E-state index in [1.807, 2.05) is 19.1 Å². The van der Waals surface area contributed by atoms with Gasteiger partial charge in [0.2, 0.25) is 0 Å². The summed E-state index contributed by atoms with van der Waals surface area (Å²) in [6.07, 6.45) is 3.15. The summed E-state index contributed by atoms with van der Waals surface area (Å²) in [6.45, 7) is 3.99. The lowest BCUT2D eigenvalue weighted by Gasteiger charge is -1.95. The Morgan fingerprint density at radius 3 is 1.85 bits per heavy atom. The summed E-state index contributed by atoms with van der Waals surface area (Å²) in [7, 11) is 0. The molecule has 0 spiro atoms. The van der Waals surface area contributed by atoms with Crippen molar-refractivity contribution < 1.29 is 8.81 Å². The van der Waals surface area contributed by atoms with Gasteiger partial charge in [-0.15, -0.1) is 0 Å². The summed E-state index contributed by atoms with van der Waals surface area (Å²) in [5.74, 6) is 0.644. The van der Waals surface area contributed by atoms with E-state index in [2.05, 4.69) is 24.0 Å². The van der Waals surface area contributed by atoms with Crippen LogP contribution < -0.4 is 0 Å². The van der Waals surface area contributed by atoms with E-state index in [1.54, 1.807) is 18.3 Å². The third-order valence-corrected chi connectivity index (χ3v) is 2.78. The Morgan fingerprint density at radius 1 is 0.850 bits per heavy atom. The molecule has 0 bridgehead atoms. The van der Waals surface area contributed by atoms with E-state index >= 15 is 0 Å². The molecule has 0 aliphatic carbocycles. The van der Waals surface area contributed by atoms with Gasteiger partial charge in [0.1, 0.15) is 5.82 Å². The first-order chi connectivity index (χ1) is 9.65. The second-order valence-corrected chi connectivity index (χ2v) is 4.53. The minimum atomic E-state index is -0.171. The van der Waals surface area contributed by atoms with Crippen molar-refractivity contribution in [3.05, 3.63) is 78.1 Å². The Kier molecular flexibility index (Phi) is 4.66. The normalized spacial score (nSPS) is 9.75. The molecule has 0 N–H and O–H groups in total. The van der Waals surface area contributed by atoms with E-state index in [-0.39, 0.29) is 5.82 Å². The minimum absolute atomic E-state index is 0.171. The van der Waals surface area contributed by atoms with Crippen LogP contribution in [0.4, 0.5) is 4.39 Å². The molecule has 0 aliphatic rings. The predicted octanol–water partition coefficient (Wildman–Crippen LogP) is 4.78. The third-order valence-electron chi connectivity index (χ3n) is 2.78. The van der Waals surface area contributed by atoms with E-state index < -0.39 is 0 Å². The van der Waals surface area contributed by atoms with Gasteiger partial charge in [-0.1, -0.05) is 47.5 Å². The summed E-state index contributed by atoms with van der Waals surface area (Å²) in [6, 6.07) is 14.6. The molecule has 0 saturated carbocycles. The molecule has 102 valence electrons. The third kappa shape index (κ3) is 4.05. The van der Waals surface area contributed by atoms with E-state index in [9.17, 15) is 4.39 Å². The first kappa shape index (κ1) is 14.0. The van der Waals surface area contributed by atoms with Crippen LogP contribution in [0, 0.1) is 19.7 Å². The highest BCUT2D eigenvalue weighted by molar-refractivity contribution is 5.56. The maximum Gasteiger partial charge on any atom is 0.181 e. The minimum Gasteiger partial charge on any atom is -0.444 e. The van der Waals surface area contributed by atoms with Crippen molar-refractivity contribution in [3.8, 4) is 11.3 Å². The van der Waals surface area contributed by atoms with Crippen LogP contribution in [-0.2, 0) is 0 Å². The lowest BCUT2D eigenvalue weighted by molar-refractivity contribution is 0.572. The zero-order chi connectivity index (χ0) is 14.4. The van der Waals surface area contributed by atoms with Gasteiger partial charge in [-0.05, 0) is 26.0 Å². The molecule has 3 aromatic rings. The topological polar surface area (TPSA) is 26.0 Å². The number of halogens is 1. The van der Waals surface area contributed by atoms with E-state index in [4.69, 9.17) is 4.42 Å². The molecule has 0 unspecified atom stereocenters. The van der Waals surface area contributed by atoms with Crippen LogP contribution in [0.1, 0.15) is 11.1 Å². The molecule has 0 saturated heterocycles. The Labute approximate surface area is 117 Å². The van der Waals surface area contributed by atoms with Crippen LogP contribution in [-0.4, -0.2) is 4.98 Å². The molecule has 2 aromatic carbocycles. The zero-order valence-corrected chi connectivity index (χ0v) is 11.5. The van der Waals surface area contributed by atoms with Gasteiger partial charge in [-0.2, -0.15) is 0 Å². The second-order valence-electron chi connectivity index (χ2n) is 4.53. The highest BCUT2D eigenvalue weighted by Crippen LogP contribution is 2.18. The lowest BCUT2D eigenvalue weighted by atomic mass is 10.1. The molecular weight excluding hydrogens is 253 g/mol. The molecule has 0 fully saturated rings.